The number of aromatic nitrogens is 1. The lowest BCUT2D eigenvalue weighted by Crippen LogP contribution is -2.23. The molecule has 1 fully saturated rings. The van der Waals surface area contributed by atoms with E-state index >= 15 is 0 Å². The van der Waals surface area contributed by atoms with Gasteiger partial charge in [0.2, 0.25) is 0 Å². The first-order chi connectivity index (χ1) is 8.38. The Labute approximate surface area is 106 Å². The van der Waals surface area contributed by atoms with Gasteiger partial charge in [0.1, 0.15) is 0 Å². The summed E-state index contributed by atoms with van der Waals surface area (Å²) in [6, 6.07) is 0. The molecule has 1 aliphatic heterocycles. The highest BCUT2D eigenvalue weighted by molar-refractivity contribution is 7.15. The fourth-order valence-electron chi connectivity index (χ4n) is 1.73. The molecule has 0 amide bonds. The summed E-state index contributed by atoms with van der Waals surface area (Å²) in [5.74, 6) is 0. The fraction of sp³-hybridized carbons (Fsp3) is 0.750. The van der Waals surface area contributed by atoms with Crippen LogP contribution >= 0.6 is 11.3 Å². The standard InChI is InChI=1S/C12H20N2O2S/c1-2-5-13-12-14-8-11(17-12)9-16-10-3-6-15-7-4-10/h8,10H,2-7,9H2,1H3,(H,13,14). The van der Waals surface area contributed by atoms with E-state index < -0.39 is 0 Å². The van der Waals surface area contributed by atoms with E-state index in [2.05, 4.69) is 17.2 Å². The largest absolute Gasteiger partial charge is 0.381 e. The Kier molecular flexibility index (Phi) is 5.22. The van der Waals surface area contributed by atoms with Crippen LogP contribution in [-0.2, 0) is 16.1 Å². The number of hydrogen-bond donors (Lipinski definition) is 1. The lowest BCUT2D eigenvalue weighted by Gasteiger charge is -2.21. The lowest BCUT2D eigenvalue weighted by atomic mass is 10.2. The summed E-state index contributed by atoms with van der Waals surface area (Å²) in [5, 5.41) is 4.28. The monoisotopic (exact) mass is 256 g/mol. The molecule has 96 valence electrons. The molecule has 0 saturated carbocycles. The zero-order valence-electron chi connectivity index (χ0n) is 10.3. The molecule has 1 aromatic heterocycles. The summed E-state index contributed by atoms with van der Waals surface area (Å²) in [6.45, 7) is 5.47. The molecule has 1 saturated heterocycles. The number of nitrogens with one attached hydrogen (secondary N) is 1. The van der Waals surface area contributed by atoms with Gasteiger partial charge in [-0.3, -0.25) is 0 Å². The predicted octanol–water partition coefficient (Wildman–Crippen LogP) is 2.66. The quantitative estimate of drug-likeness (QED) is 0.850. The van der Waals surface area contributed by atoms with Crippen LogP contribution in [0.15, 0.2) is 6.20 Å². The van der Waals surface area contributed by atoms with Crippen LogP contribution in [0.5, 0.6) is 0 Å². The number of anilines is 1. The van der Waals surface area contributed by atoms with E-state index in [9.17, 15) is 0 Å². The summed E-state index contributed by atoms with van der Waals surface area (Å²) in [5.41, 5.74) is 0. The molecule has 0 aromatic carbocycles. The summed E-state index contributed by atoms with van der Waals surface area (Å²) < 4.78 is 11.1. The second-order valence-corrected chi connectivity index (χ2v) is 5.30. The molecule has 0 unspecified atom stereocenters. The van der Waals surface area contributed by atoms with Crippen LogP contribution in [0, 0.1) is 0 Å². The second kappa shape index (κ2) is 6.93. The van der Waals surface area contributed by atoms with Crippen LogP contribution in [0.2, 0.25) is 0 Å². The predicted molar refractivity (Wildman–Crippen MR) is 69.5 cm³/mol. The van der Waals surface area contributed by atoms with Gasteiger partial charge in [-0.15, -0.1) is 0 Å². The summed E-state index contributed by atoms with van der Waals surface area (Å²) in [7, 11) is 0. The van der Waals surface area contributed by atoms with E-state index in [1.807, 2.05) is 6.20 Å². The van der Waals surface area contributed by atoms with Gasteiger partial charge >= 0.3 is 0 Å². The van der Waals surface area contributed by atoms with Gasteiger partial charge in [0.25, 0.3) is 0 Å². The van der Waals surface area contributed by atoms with Gasteiger partial charge in [0.15, 0.2) is 5.13 Å². The van der Waals surface area contributed by atoms with E-state index in [-0.39, 0.29) is 0 Å². The molecule has 2 rings (SSSR count). The van der Waals surface area contributed by atoms with E-state index in [1.54, 1.807) is 11.3 Å². The zero-order chi connectivity index (χ0) is 11.9. The van der Waals surface area contributed by atoms with Gasteiger partial charge < -0.3 is 14.8 Å². The van der Waals surface area contributed by atoms with Gasteiger partial charge in [-0.2, -0.15) is 0 Å². The maximum atomic E-state index is 5.85. The highest BCUT2D eigenvalue weighted by Crippen LogP contribution is 2.20. The Balaban J connectivity index is 1.72. The molecule has 1 aromatic rings. The maximum absolute atomic E-state index is 5.85. The van der Waals surface area contributed by atoms with Gasteiger partial charge in [-0.25, -0.2) is 4.98 Å². The first kappa shape index (κ1) is 12.8. The van der Waals surface area contributed by atoms with Crippen molar-refractivity contribution in [3.63, 3.8) is 0 Å². The lowest BCUT2D eigenvalue weighted by molar-refractivity contribution is -0.0383. The van der Waals surface area contributed by atoms with Gasteiger partial charge in [-0.05, 0) is 19.3 Å². The molecule has 2 heterocycles. The molecular weight excluding hydrogens is 236 g/mol. The van der Waals surface area contributed by atoms with Crippen molar-refractivity contribution < 1.29 is 9.47 Å². The van der Waals surface area contributed by atoms with Crippen LogP contribution < -0.4 is 5.32 Å². The highest BCUT2D eigenvalue weighted by Gasteiger charge is 2.14. The Hall–Kier alpha value is -0.650. The van der Waals surface area contributed by atoms with Crippen molar-refractivity contribution in [1.29, 1.82) is 0 Å². The van der Waals surface area contributed by atoms with Crippen molar-refractivity contribution in [2.24, 2.45) is 0 Å². The van der Waals surface area contributed by atoms with E-state index in [1.165, 1.54) is 4.88 Å². The number of rotatable bonds is 6. The second-order valence-electron chi connectivity index (χ2n) is 4.18. The number of thiazole rings is 1. The molecule has 1 aliphatic rings. The highest BCUT2D eigenvalue weighted by atomic mass is 32.1. The zero-order valence-corrected chi connectivity index (χ0v) is 11.1. The smallest absolute Gasteiger partial charge is 0.182 e. The van der Waals surface area contributed by atoms with Crippen molar-refractivity contribution in [2.45, 2.75) is 38.9 Å². The molecule has 17 heavy (non-hydrogen) atoms. The Morgan fingerprint density at radius 1 is 1.53 bits per heavy atom. The summed E-state index contributed by atoms with van der Waals surface area (Å²) in [6.07, 6.45) is 5.41. The van der Waals surface area contributed by atoms with Crippen LogP contribution in [0.3, 0.4) is 0 Å². The molecule has 5 heteroatoms. The van der Waals surface area contributed by atoms with Crippen molar-refractivity contribution in [3.8, 4) is 0 Å². The summed E-state index contributed by atoms with van der Waals surface area (Å²) in [4.78, 5) is 5.51. The van der Waals surface area contributed by atoms with E-state index in [4.69, 9.17) is 9.47 Å². The topological polar surface area (TPSA) is 43.4 Å². The van der Waals surface area contributed by atoms with Gasteiger partial charge in [0, 0.05) is 26.0 Å². The third-order valence-electron chi connectivity index (χ3n) is 2.71. The third kappa shape index (κ3) is 4.26. The first-order valence-corrected chi connectivity index (χ1v) is 7.08. The summed E-state index contributed by atoms with van der Waals surface area (Å²) >= 11 is 1.68. The Morgan fingerprint density at radius 2 is 2.35 bits per heavy atom. The Morgan fingerprint density at radius 3 is 3.12 bits per heavy atom. The van der Waals surface area contributed by atoms with Crippen molar-refractivity contribution in [2.75, 3.05) is 25.1 Å². The molecule has 0 spiro atoms. The number of nitrogens with zero attached hydrogens (tertiary/aromatic N) is 1. The average Bonchev–Trinajstić information content (AvgIpc) is 2.83. The van der Waals surface area contributed by atoms with Gasteiger partial charge in [-0.1, -0.05) is 18.3 Å². The van der Waals surface area contributed by atoms with E-state index in [0.29, 0.717) is 12.7 Å². The minimum absolute atomic E-state index is 0.359. The molecule has 0 atom stereocenters. The normalized spacial score (nSPS) is 17.2. The van der Waals surface area contributed by atoms with Crippen molar-refractivity contribution >= 4 is 16.5 Å². The molecular formula is C12H20N2O2S. The van der Waals surface area contributed by atoms with Crippen LogP contribution in [-0.4, -0.2) is 30.8 Å². The molecule has 4 nitrogen and oxygen atoms in total. The third-order valence-corrected chi connectivity index (χ3v) is 3.64. The molecule has 0 bridgehead atoms. The minimum atomic E-state index is 0.359. The van der Waals surface area contributed by atoms with Crippen LogP contribution in [0.1, 0.15) is 31.1 Å². The van der Waals surface area contributed by atoms with Crippen molar-refractivity contribution in [3.05, 3.63) is 11.1 Å². The van der Waals surface area contributed by atoms with Crippen LogP contribution in [0.4, 0.5) is 5.13 Å². The Bertz CT molecular complexity index is 324. The minimum Gasteiger partial charge on any atom is -0.381 e. The molecule has 0 aliphatic carbocycles. The first-order valence-electron chi connectivity index (χ1n) is 6.26. The van der Waals surface area contributed by atoms with Crippen LogP contribution in [0.25, 0.3) is 0 Å². The van der Waals surface area contributed by atoms with Gasteiger partial charge in [0.05, 0.1) is 17.6 Å². The molecule has 1 N–H and O–H groups in total. The fourth-order valence-corrected chi connectivity index (χ4v) is 2.49. The average molecular weight is 256 g/mol. The maximum Gasteiger partial charge on any atom is 0.182 e. The number of ether oxygens (including phenoxy) is 2. The number of hydrogen-bond acceptors (Lipinski definition) is 5. The van der Waals surface area contributed by atoms with E-state index in [0.717, 1.165) is 44.2 Å². The van der Waals surface area contributed by atoms with Crippen molar-refractivity contribution in [1.82, 2.24) is 4.98 Å². The molecule has 0 radical (unpaired) electrons. The SMILES string of the molecule is CCCNc1ncc(COC2CCOCC2)s1.